The average molecular weight is 476 g/mol. The molecule has 0 saturated heterocycles. The lowest BCUT2D eigenvalue weighted by Crippen LogP contribution is -2.15. The van der Waals surface area contributed by atoms with Gasteiger partial charge < -0.3 is 9.73 Å². The summed E-state index contributed by atoms with van der Waals surface area (Å²) in [4.78, 5) is 12.2. The molecule has 2 heterocycles. The first-order chi connectivity index (χ1) is 12.5. The summed E-state index contributed by atoms with van der Waals surface area (Å²) < 4.78 is 8.03. The van der Waals surface area contributed by atoms with E-state index in [2.05, 4.69) is 31.4 Å². The number of carbonyl (C=O) groups is 1. The molecule has 0 aliphatic carbocycles. The van der Waals surface area contributed by atoms with E-state index < -0.39 is 0 Å². The highest BCUT2D eigenvalue weighted by molar-refractivity contribution is 9.10. The molecule has 0 unspecified atom stereocenters. The SMILES string of the molecule is CCn1c(SCC(=O)Nc2cc(Cl)ccc2Cl)nnc1-c1ccc(Br)o1. The standard InChI is InChI=1S/C16H13BrCl2N4O2S/c1-2-23-15(12-5-6-13(17)25-12)21-22-16(23)26-8-14(24)20-11-7-9(18)3-4-10(11)19/h3-7H,2,8H2,1H3,(H,20,24). The average Bonchev–Trinajstić information content (AvgIpc) is 3.21. The van der Waals surface area contributed by atoms with Crippen LogP contribution in [-0.2, 0) is 11.3 Å². The third kappa shape index (κ3) is 4.43. The van der Waals surface area contributed by atoms with Crippen molar-refractivity contribution in [3.05, 3.63) is 45.0 Å². The van der Waals surface area contributed by atoms with Gasteiger partial charge in [-0.1, -0.05) is 35.0 Å². The Morgan fingerprint density at radius 2 is 2.12 bits per heavy atom. The highest BCUT2D eigenvalue weighted by atomic mass is 79.9. The van der Waals surface area contributed by atoms with Crippen LogP contribution in [0.3, 0.4) is 0 Å². The number of carbonyl (C=O) groups excluding carboxylic acids is 1. The summed E-state index contributed by atoms with van der Waals surface area (Å²) in [5.74, 6) is 1.15. The van der Waals surface area contributed by atoms with E-state index in [1.165, 1.54) is 11.8 Å². The molecule has 1 amide bonds. The van der Waals surface area contributed by atoms with Crippen LogP contribution in [-0.4, -0.2) is 26.4 Å². The molecule has 0 atom stereocenters. The quantitative estimate of drug-likeness (QED) is 0.486. The van der Waals surface area contributed by atoms with E-state index in [9.17, 15) is 4.79 Å². The first-order valence-corrected chi connectivity index (χ1v) is 10.1. The molecule has 3 rings (SSSR count). The number of thioether (sulfide) groups is 1. The van der Waals surface area contributed by atoms with Gasteiger partial charge in [0, 0.05) is 11.6 Å². The predicted molar refractivity (Wildman–Crippen MR) is 107 cm³/mol. The summed E-state index contributed by atoms with van der Waals surface area (Å²) in [6.45, 7) is 2.62. The maximum absolute atomic E-state index is 12.2. The van der Waals surface area contributed by atoms with Crippen molar-refractivity contribution in [1.29, 1.82) is 0 Å². The summed E-state index contributed by atoms with van der Waals surface area (Å²) in [5, 5.41) is 12.6. The van der Waals surface area contributed by atoms with Gasteiger partial charge in [0.1, 0.15) is 0 Å². The van der Waals surface area contributed by atoms with Crippen LogP contribution in [0.1, 0.15) is 6.92 Å². The lowest BCUT2D eigenvalue weighted by molar-refractivity contribution is -0.113. The molecule has 0 bridgehead atoms. The van der Waals surface area contributed by atoms with E-state index in [1.54, 1.807) is 24.3 Å². The molecule has 10 heteroatoms. The van der Waals surface area contributed by atoms with Gasteiger partial charge in [0.15, 0.2) is 15.6 Å². The van der Waals surface area contributed by atoms with Gasteiger partial charge in [-0.3, -0.25) is 9.36 Å². The normalized spacial score (nSPS) is 10.9. The van der Waals surface area contributed by atoms with E-state index >= 15 is 0 Å². The van der Waals surface area contributed by atoms with Crippen molar-refractivity contribution in [3.63, 3.8) is 0 Å². The van der Waals surface area contributed by atoms with Crippen LogP contribution in [0.15, 0.2) is 44.6 Å². The van der Waals surface area contributed by atoms with Crippen LogP contribution in [0.5, 0.6) is 0 Å². The maximum atomic E-state index is 12.2. The first-order valence-electron chi connectivity index (χ1n) is 7.54. The van der Waals surface area contributed by atoms with Crippen molar-refractivity contribution >= 4 is 62.5 Å². The number of amides is 1. The monoisotopic (exact) mass is 474 g/mol. The first kappa shape index (κ1) is 19.3. The van der Waals surface area contributed by atoms with Crippen molar-refractivity contribution in [2.24, 2.45) is 0 Å². The number of furan rings is 1. The second-order valence-corrected chi connectivity index (χ2v) is 7.68. The Kier molecular flexibility index (Phi) is 6.29. The molecule has 0 aliphatic heterocycles. The third-order valence-corrected chi connectivity index (χ3v) is 5.32. The highest BCUT2D eigenvalue weighted by Crippen LogP contribution is 2.28. The van der Waals surface area contributed by atoms with Crippen LogP contribution in [0, 0.1) is 0 Å². The lowest BCUT2D eigenvalue weighted by Gasteiger charge is -2.08. The summed E-state index contributed by atoms with van der Waals surface area (Å²) >= 11 is 16.5. The minimum absolute atomic E-state index is 0.156. The van der Waals surface area contributed by atoms with Gasteiger partial charge in [0.05, 0.1) is 16.5 Å². The predicted octanol–water partition coefficient (Wildman–Crippen LogP) is 5.36. The maximum Gasteiger partial charge on any atom is 0.234 e. The van der Waals surface area contributed by atoms with Crippen LogP contribution < -0.4 is 5.32 Å². The molecular formula is C16H13BrCl2N4O2S. The molecule has 0 aliphatic rings. The molecule has 136 valence electrons. The van der Waals surface area contributed by atoms with E-state index in [0.717, 1.165) is 0 Å². The van der Waals surface area contributed by atoms with Crippen LogP contribution in [0.2, 0.25) is 10.0 Å². The third-order valence-electron chi connectivity index (χ3n) is 3.36. The zero-order valence-corrected chi connectivity index (χ0v) is 17.4. The Morgan fingerprint density at radius 3 is 2.81 bits per heavy atom. The van der Waals surface area contributed by atoms with Gasteiger partial charge in [-0.05, 0) is 53.2 Å². The molecule has 0 spiro atoms. The van der Waals surface area contributed by atoms with Crippen LogP contribution in [0.25, 0.3) is 11.6 Å². The highest BCUT2D eigenvalue weighted by Gasteiger charge is 2.17. The van der Waals surface area contributed by atoms with Gasteiger partial charge in [-0.25, -0.2) is 0 Å². The molecule has 0 radical (unpaired) electrons. The zero-order chi connectivity index (χ0) is 18.7. The van der Waals surface area contributed by atoms with E-state index in [4.69, 9.17) is 27.6 Å². The number of benzene rings is 1. The van der Waals surface area contributed by atoms with Crippen LogP contribution in [0.4, 0.5) is 5.69 Å². The van der Waals surface area contributed by atoms with Gasteiger partial charge in [0.25, 0.3) is 0 Å². The van der Waals surface area contributed by atoms with Crippen LogP contribution >= 0.6 is 50.9 Å². The zero-order valence-electron chi connectivity index (χ0n) is 13.5. The second-order valence-electron chi connectivity index (χ2n) is 5.12. The summed E-state index contributed by atoms with van der Waals surface area (Å²) in [6.07, 6.45) is 0. The molecule has 2 aromatic heterocycles. The van der Waals surface area contributed by atoms with E-state index in [1.807, 2.05) is 17.6 Å². The van der Waals surface area contributed by atoms with Crippen molar-refractivity contribution in [2.45, 2.75) is 18.6 Å². The van der Waals surface area contributed by atoms with Crippen molar-refractivity contribution in [2.75, 3.05) is 11.1 Å². The van der Waals surface area contributed by atoms with Crippen molar-refractivity contribution in [1.82, 2.24) is 14.8 Å². The Bertz CT molecular complexity index is 944. The molecule has 26 heavy (non-hydrogen) atoms. The number of rotatable bonds is 6. The summed E-state index contributed by atoms with van der Waals surface area (Å²) in [7, 11) is 0. The molecular weight excluding hydrogens is 463 g/mol. The summed E-state index contributed by atoms with van der Waals surface area (Å²) in [5.41, 5.74) is 0.475. The fourth-order valence-corrected chi connectivity index (χ4v) is 3.65. The Hall–Kier alpha value is -1.48. The number of hydrogen-bond donors (Lipinski definition) is 1. The number of nitrogens with zero attached hydrogens (tertiary/aromatic N) is 3. The summed E-state index contributed by atoms with van der Waals surface area (Å²) in [6, 6.07) is 8.50. The molecule has 1 aromatic carbocycles. The molecule has 1 N–H and O–H groups in total. The second kappa shape index (κ2) is 8.47. The molecule has 3 aromatic rings. The number of hydrogen-bond acceptors (Lipinski definition) is 5. The fourth-order valence-electron chi connectivity index (χ4n) is 2.21. The Balaban J connectivity index is 1.69. The lowest BCUT2D eigenvalue weighted by atomic mass is 10.3. The largest absolute Gasteiger partial charge is 0.446 e. The minimum atomic E-state index is -0.216. The molecule has 0 fully saturated rings. The number of nitrogens with one attached hydrogen (secondary N) is 1. The van der Waals surface area contributed by atoms with Gasteiger partial charge >= 0.3 is 0 Å². The smallest absolute Gasteiger partial charge is 0.234 e. The number of halogens is 3. The van der Waals surface area contributed by atoms with Gasteiger partial charge in [0.2, 0.25) is 11.7 Å². The van der Waals surface area contributed by atoms with E-state index in [0.29, 0.717) is 43.7 Å². The van der Waals surface area contributed by atoms with Gasteiger partial charge in [-0.2, -0.15) is 0 Å². The van der Waals surface area contributed by atoms with E-state index in [-0.39, 0.29) is 11.7 Å². The Morgan fingerprint density at radius 1 is 1.31 bits per heavy atom. The Labute approximate surface area is 172 Å². The molecule has 0 saturated carbocycles. The number of aromatic nitrogens is 3. The molecule has 6 nitrogen and oxygen atoms in total. The number of anilines is 1. The minimum Gasteiger partial charge on any atom is -0.446 e. The topological polar surface area (TPSA) is 73.0 Å². The van der Waals surface area contributed by atoms with Crippen molar-refractivity contribution in [3.8, 4) is 11.6 Å². The van der Waals surface area contributed by atoms with Crippen molar-refractivity contribution < 1.29 is 9.21 Å². The fraction of sp³-hybridized carbons (Fsp3) is 0.188. The van der Waals surface area contributed by atoms with Gasteiger partial charge in [-0.15, -0.1) is 10.2 Å².